The number of pyridine rings is 1. The zero-order chi connectivity index (χ0) is 36.5. The minimum absolute atomic E-state index is 0.0262. The zero-order valence-electron chi connectivity index (χ0n) is 29.9. The number of benzene rings is 3. The molecule has 9 rings (SSSR count). The van der Waals surface area contributed by atoms with Crippen LogP contribution >= 0.6 is 11.8 Å². The van der Waals surface area contributed by atoms with Gasteiger partial charge in [-0.05, 0) is 108 Å². The normalized spacial score (nSPS) is 28.8. The Bertz CT molecular complexity index is 1920. The smallest absolute Gasteiger partial charge is 0.338 e. The third-order valence-corrected chi connectivity index (χ3v) is 12.9. The average molecular weight is 734 g/mol. The van der Waals surface area contributed by atoms with Crippen molar-refractivity contribution in [3.8, 4) is 11.1 Å². The van der Waals surface area contributed by atoms with Gasteiger partial charge in [0.05, 0.1) is 24.4 Å². The third kappa shape index (κ3) is 7.87. The molecule has 10 heteroatoms. The molecule has 4 atom stereocenters. The summed E-state index contributed by atoms with van der Waals surface area (Å²) in [6.45, 7) is 2.48. The molecule has 53 heavy (non-hydrogen) atoms. The first-order valence-corrected chi connectivity index (χ1v) is 19.8. The Labute approximate surface area is 314 Å². The number of rotatable bonds is 11. The molecule has 276 valence electrons. The molecule has 5 fully saturated rings. The second kappa shape index (κ2) is 15.3. The van der Waals surface area contributed by atoms with Crippen LogP contribution in [0.1, 0.15) is 90.5 Å². The Morgan fingerprint density at radius 1 is 0.849 bits per heavy atom. The largest absolute Gasteiger partial charge is 0.478 e. The maximum absolute atomic E-state index is 13.2. The van der Waals surface area contributed by atoms with E-state index in [1.54, 1.807) is 18.3 Å². The predicted octanol–water partition coefficient (Wildman–Crippen LogP) is 8.29. The van der Waals surface area contributed by atoms with E-state index in [9.17, 15) is 19.8 Å². The molecule has 3 aromatic carbocycles. The molecule has 2 heterocycles. The number of ether oxygens (including phenoxy) is 2. The molecule has 1 aliphatic heterocycles. The Kier molecular flexibility index (Phi) is 10.3. The Balaban J connectivity index is 0.978. The molecule has 4 bridgehead atoms. The highest BCUT2D eigenvalue weighted by molar-refractivity contribution is 7.99. The summed E-state index contributed by atoms with van der Waals surface area (Å²) in [5, 5.41) is 26.4. The van der Waals surface area contributed by atoms with E-state index in [1.807, 2.05) is 48.5 Å². The van der Waals surface area contributed by atoms with Crippen LogP contribution in [0.2, 0.25) is 0 Å². The summed E-state index contributed by atoms with van der Waals surface area (Å²) < 4.78 is 13.4. The monoisotopic (exact) mass is 733 g/mol. The zero-order valence-corrected chi connectivity index (χ0v) is 30.8. The van der Waals surface area contributed by atoms with Crippen LogP contribution in [0.5, 0.6) is 0 Å². The summed E-state index contributed by atoms with van der Waals surface area (Å²) in [5.41, 5.74) is 5.85. The number of aromatic carboxylic acids is 1. The van der Waals surface area contributed by atoms with Crippen molar-refractivity contribution in [1.29, 1.82) is 0 Å². The first-order chi connectivity index (χ1) is 25.7. The molecule has 9 nitrogen and oxygen atoms in total. The standard InChI is InChI=1S/C43H47N3O6S/c1-26-37(25-53-39-36(40(48)49)9-4-14-44-39)51-41(52-38(26)32-12-10-27(24-47)11-13-32)35-8-3-7-34(19-35)33-6-2-5-28(18-33)23-45-42(50)46-43-20-29-15-30(21-43)17-31(16-29)22-43/h2-14,18-19,26,29-31,37-38,41,47H,15-17,20-25H2,1H3,(H,48,49)(H2,45,46,50). The second-order valence-corrected chi connectivity index (χ2v) is 16.6. The van der Waals surface area contributed by atoms with Crippen molar-refractivity contribution < 1.29 is 29.3 Å². The Hall–Kier alpha value is -4.22. The van der Waals surface area contributed by atoms with E-state index in [0.717, 1.165) is 70.4 Å². The van der Waals surface area contributed by atoms with Gasteiger partial charge in [-0.25, -0.2) is 14.6 Å². The Morgan fingerprint density at radius 2 is 1.55 bits per heavy atom. The van der Waals surface area contributed by atoms with Crippen molar-refractivity contribution in [3.05, 3.63) is 119 Å². The number of carbonyl (C=O) groups excluding carboxylic acids is 1. The van der Waals surface area contributed by atoms with Gasteiger partial charge < -0.3 is 30.3 Å². The number of aliphatic hydroxyl groups is 1. The molecule has 0 radical (unpaired) electrons. The molecule has 4 saturated carbocycles. The molecular formula is C43H47N3O6S. The number of nitrogens with one attached hydrogen (secondary N) is 2. The van der Waals surface area contributed by atoms with E-state index < -0.39 is 12.3 Å². The predicted molar refractivity (Wildman–Crippen MR) is 203 cm³/mol. The van der Waals surface area contributed by atoms with Gasteiger partial charge in [0.25, 0.3) is 0 Å². The number of aromatic nitrogens is 1. The highest BCUT2D eigenvalue weighted by Gasteiger charge is 2.51. The molecular weight excluding hydrogens is 687 g/mol. The molecule has 5 aliphatic rings. The van der Waals surface area contributed by atoms with Crippen molar-refractivity contribution in [3.63, 3.8) is 0 Å². The van der Waals surface area contributed by atoms with Gasteiger partial charge in [0.2, 0.25) is 0 Å². The summed E-state index contributed by atoms with van der Waals surface area (Å²) in [6, 6.07) is 27.3. The van der Waals surface area contributed by atoms with Crippen LogP contribution in [0.15, 0.2) is 96.2 Å². The van der Waals surface area contributed by atoms with Crippen LogP contribution in [-0.4, -0.2) is 44.6 Å². The number of urea groups is 1. The molecule has 1 saturated heterocycles. The lowest BCUT2D eigenvalue weighted by molar-refractivity contribution is -0.268. The highest BCUT2D eigenvalue weighted by Crippen LogP contribution is 2.55. The molecule has 4 aromatic rings. The number of carboxylic acids is 1. The molecule has 1 aromatic heterocycles. The van der Waals surface area contributed by atoms with Gasteiger partial charge in [0, 0.05) is 35.5 Å². The van der Waals surface area contributed by atoms with Gasteiger partial charge in [0.1, 0.15) is 5.03 Å². The Morgan fingerprint density at radius 3 is 2.25 bits per heavy atom. The summed E-state index contributed by atoms with van der Waals surface area (Å²) in [4.78, 5) is 29.4. The van der Waals surface area contributed by atoms with Crippen LogP contribution in [0.3, 0.4) is 0 Å². The molecule has 2 amide bonds. The molecule has 0 spiro atoms. The van der Waals surface area contributed by atoms with Gasteiger partial charge in [-0.15, -0.1) is 11.8 Å². The lowest BCUT2D eigenvalue weighted by atomic mass is 9.53. The highest BCUT2D eigenvalue weighted by atomic mass is 32.2. The average Bonchev–Trinajstić information content (AvgIpc) is 3.16. The lowest BCUT2D eigenvalue weighted by Gasteiger charge is -2.56. The number of carbonyl (C=O) groups is 2. The summed E-state index contributed by atoms with van der Waals surface area (Å²) in [6.07, 6.45) is 7.73. The van der Waals surface area contributed by atoms with Gasteiger partial charge in [-0.1, -0.05) is 67.6 Å². The topological polar surface area (TPSA) is 130 Å². The van der Waals surface area contributed by atoms with Crippen molar-refractivity contribution in [2.75, 3.05) is 5.75 Å². The third-order valence-electron chi connectivity index (χ3n) is 11.8. The maximum atomic E-state index is 13.2. The van der Waals surface area contributed by atoms with Crippen LogP contribution in [0, 0.1) is 23.7 Å². The van der Waals surface area contributed by atoms with Gasteiger partial charge >= 0.3 is 12.0 Å². The number of amides is 2. The van der Waals surface area contributed by atoms with Crippen LogP contribution in [0.4, 0.5) is 4.79 Å². The van der Waals surface area contributed by atoms with Crippen LogP contribution in [0.25, 0.3) is 11.1 Å². The van der Waals surface area contributed by atoms with E-state index in [0.29, 0.717) is 17.3 Å². The molecule has 4 unspecified atom stereocenters. The first kappa shape index (κ1) is 35.8. The maximum Gasteiger partial charge on any atom is 0.338 e. The second-order valence-electron chi connectivity index (χ2n) is 15.6. The van der Waals surface area contributed by atoms with Crippen molar-refractivity contribution in [2.24, 2.45) is 23.7 Å². The number of nitrogens with zero attached hydrogens (tertiary/aromatic N) is 1. The fraction of sp³-hybridized carbons (Fsp3) is 0.419. The molecule has 4 N–H and O–H groups in total. The fourth-order valence-corrected chi connectivity index (χ4v) is 10.7. The van der Waals surface area contributed by atoms with E-state index in [2.05, 4.69) is 46.8 Å². The summed E-state index contributed by atoms with van der Waals surface area (Å²) in [5.74, 6) is 1.72. The van der Waals surface area contributed by atoms with E-state index in [1.165, 1.54) is 31.0 Å². The number of aliphatic hydroxyl groups excluding tert-OH is 1. The van der Waals surface area contributed by atoms with Crippen molar-refractivity contribution >= 4 is 23.8 Å². The number of hydrogen-bond donors (Lipinski definition) is 4. The van der Waals surface area contributed by atoms with Crippen LogP contribution < -0.4 is 10.6 Å². The lowest BCUT2D eigenvalue weighted by Crippen LogP contribution is -2.61. The molecule has 4 aliphatic carbocycles. The quantitative estimate of drug-likeness (QED) is 0.113. The van der Waals surface area contributed by atoms with Gasteiger partial charge in [-0.2, -0.15) is 0 Å². The van der Waals surface area contributed by atoms with E-state index >= 15 is 0 Å². The van der Waals surface area contributed by atoms with E-state index in [-0.39, 0.29) is 41.9 Å². The van der Waals surface area contributed by atoms with E-state index in [4.69, 9.17) is 9.47 Å². The number of hydrogen-bond acceptors (Lipinski definition) is 7. The summed E-state index contributed by atoms with van der Waals surface area (Å²) >= 11 is 1.37. The minimum Gasteiger partial charge on any atom is -0.478 e. The van der Waals surface area contributed by atoms with Crippen LogP contribution in [-0.2, 0) is 22.6 Å². The minimum atomic E-state index is -1.02. The van der Waals surface area contributed by atoms with Crippen molar-refractivity contribution in [1.82, 2.24) is 15.6 Å². The fourth-order valence-electron chi connectivity index (χ4n) is 9.60. The van der Waals surface area contributed by atoms with Gasteiger partial charge in [0.15, 0.2) is 6.29 Å². The van der Waals surface area contributed by atoms with Crippen molar-refractivity contribution in [2.45, 2.75) is 87.7 Å². The number of thioether (sulfide) groups is 1. The number of carboxylic acid groups (broad SMARTS) is 1. The van der Waals surface area contributed by atoms with Gasteiger partial charge in [-0.3, -0.25) is 0 Å². The first-order valence-electron chi connectivity index (χ1n) is 18.8. The summed E-state index contributed by atoms with van der Waals surface area (Å²) in [7, 11) is 0. The SMILES string of the molecule is CC1C(CSc2ncccc2C(=O)O)OC(c2cccc(-c3cccc(CNC(=O)NC45CC6CC(CC(C6)C4)C5)c3)c2)OC1c1ccc(CO)cc1.